The highest BCUT2D eigenvalue weighted by Gasteiger charge is 2.45. The van der Waals surface area contributed by atoms with Gasteiger partial charge in [-0.15, -0.1) is 0 Å². The number of allylic oxidation sites excluding steroid dienone is 2. The lowest BCUT2D eigenvalue weighted by molar-refractivity contribution is 0.377. The molecule has 0 spiro atoms. The Kier molecular flexibility index (Phi) is 8.67. The molecule has 0 aromatic heterocycles. The summed E-state index contributed by atoms with van der Waals surface area (Å²) < 4.78 is 7.42. The van der Waals surface area contributed by atoms with Gasteiger partial charge in [-0.1, -0.05) is 149 Å². The summed E-state index contributed by atoms with van der Waals surface area (Å²) in [5, 5.41) is 2.55. The number of hydrogen-bond acceptors (Lipinski definition) is 3. The van der Waals surface area contributed by atoms with Crippen molar-refractivity contribution in [2.45, 2.75) is 64.2 Å². The summed E-state index contributed by atoms with van der Waals surface area (Å²) in [7, 11) is 0. The molecule has 8 aromatic carbocycles. The van der Waals surface area contributed by atoms with E-state index in [0.29, 0.717) is 5.92 Å². The molecule has 3 nitrogen and oxygen atoms in total. The molecule has 2 unspecified atom stereocenters. The Labute approximate surface area is 372 Å². The third-order valence-corrected chi connectivity index (χ3v) is 14.7. The monoisotopic (exact) mass is 814 g/mol. The van der Waals surface area contributed by atoms with E-state index in [0.717, 1.165) is 41.4 Å². The second-order valence-corrected chi connectivity index (χ2v) is 19.2. The van der Waals surface area contributed by atoms with E-state index in [9.17, 15) is 0 Å². The molecule has 0 amide bonds. The standard InChI is InChI=1S/C59H51BN2O/c1-39-20-9-8-18-33-59(4,38-39)40-34-53-57-55(35-40)63-54-36-46-44-31-32-51(61(41-21-10-5-11-22-41)42-23-12-6-13-24-42)45-27-19-28-47(56(44)45)58(2,3)48(46)37-50(54)60(57)49-29-16-17-30-52(49)62(53)43-25-14-7-15-26-43/h5-7,10-19,21-37,39H,8-9,20,38H2,1-4H3/b33-18+. The average Bonchev–Trinajstić information content (AvgIpc) is 3.30. The molecule has 0 radical (unpaired) electrons. The molecule has 0 saturated carbocycles. The summed E-state index contributed by atoms with van der Waals surface area (Å²) in [6, 6.07) is 62.9. The predicted octanol–water partition coefficient (Wildman–Crippen LogP) is 14.0. The van der Waals surface area contributed by atoms with Gasteiger partial charge in [0.25, 0.3) is 6.71 Å². The van der Waals surface area contributed by atoms with Crippen LogP contribution in [0.15, 0.2) is 182 Å². The molecule has 0 fully saturated rings. The maximum Gasteiger partial charge on any atom is 0.256 e. The molecule has 0 bridgehead atoms. The fraction of sp³-hybridized carbons (Fsp3) is 0.186. The molecule has 4 aliphatic rings. The SMILES string of the molecule is CC1CCC/C=C/C(C)(c2cc3c4c(c2)N(c2ccccc2)c2ccccc2B4c2cc4c(cc2O3)-c2ccc(N(c3ccccc3)c3ccccc3)c3cccc(c23)C4(C)C)C1. The van der Waals surface area contributed by atoms with Gasteiger partial charge in [-0.3, -0.25) is 0 Å². The van der Waals surface area contributed by atoms with Gasteiger partial charge >= 0.3 is 0 Å². The van der Waals surface area contributed by atoms with Crippen LogP contribution >= 0.6 is 0 Å². The van der Waals surface area contributed by atoms with E-state index in [1.54, 1.807) is 0 Å². The van der Waals surface area contributed by atoms with Crippen LogP contribution in [-0.2, 0) is 10.8 Å². The van der Waals surface area contributed by atoms with Gasteiger partial charge in [0.2, 0.25) is 0 Å². The van der Waals surface area contributed by atoms with Crippen molar-refractivity contribution in [3.05, 3.63) is 199 Å². The van der Waals surface area contributed by atoms with Gasteiger partial charge in [0.1, 0.15) is 11.5 Å². The van der Waals surface area contributed by atoms with Gasteiger partial charge in [-0.2, -0.15) is 0 Å². The van der Waals surface area contributed by atoms with Crippen molar-refractivity contribution < 1.29 is 4.74 Å². The van der Waals surface area contributed by atoms with E-state index >= 15 is 0 Å². The second kappa shape index (κ2) is 14.4. The average molecular weight is 815 g/mol. The molecular formula is C59H51BN2O. The highest BCUT2D eigenvalue weighted by molar-refractivity contribution is 6.99. The van der Waals surface area contributed by atoms with Crippen LogP contribution in [0.3, 0.4) is 0 Å². The minimum Gasteiger partial charge on any atom is -0.458 e. The minimum absolute atomic E-state index is 0.00883. The number of anilines is 6. The molecule has 2 atom stereocenters. The molecule has 0 saturated heterocycles. The minimum atomic E-state index is -0.285. The smallest absolute Gasteiger partial charge is 0.256 e. The van der Waals surface area contributed by atoms with E-state index in [1.165, 1.54) is 84.9 Å². The predicted molar refractivity (Wildman–Crippen MR) is 266 cm³/mol. The Morgan fingerprint density at radius 3 is 2.11 bits per heavy atom. The highest BCUT2D eigenvalue weighted by atomic mass is 16.5. The molecule has 2 heterocycles. The number of fused-ring (bicyclic) bond motifs is 6. The Morgan fingerprint density at radius 2 is 1.35 bits per heavy atom. The summed E-state index contributed by atoms with van der Waals surface area (Å²) in [5.74, 6) is 2.55. The molecule has 2 aliphatic heterocycles. The summed E-state index contributed by atoms with van der Waals surface area (Å²) in [5.41, 5.74) is 16.9. The molecule has 306 valence electrons. The van der Waals surface area contributed by atoms with Crippen LogP contribution in [0.25, 0.3) is 21.9 Å². The maximum absolute atomic E-state index is 7.42. The van der Waals surface area contributed by atoms with Gasteiger partial charge in [0.05, 0.1) is 5.69 Å². The summed E-state index contributed by atoms with van der Waals surface area (Å²) in [6.45, 7) is 9.72. The third kappa shape index (κ3) is 5.87. The van der Waals surface area contributed by atoms with Gasteiger partial charge in [-0.25, -0.2) is 0 Å². The van der Waals surface area contributed by atoms with Crippen molar-refractivity contribution in [2.24, 2.45) is 5.92 Å². The first-order valence-corrected chi connectivity index (χ1v) is 22.9. The van der Waals surface area contributed by atoms with Gasteiger partial charge < -0.3 is 14.5 Å². The summed E-state index contributed by atoms with van der Waals surface area (Å²) >= 11 is 0. The molecule has 12 rings (SSSR count). The molecule has 63 heavy (non-hydrogen) atoms. The van der Waals surface area contributed by atoms with Crippen LogP contribution in [0.1, 0.15) is 70.1 Å². The first-order chi connectivity index (χ1) is 30.8. The fourth-order valence-corrected chi connectivity index (χ4v) is 11.8. The van der Waals surface area contributed by atoms with Gasteiger partial charge in [0, 0.05) is 44.7 Å². The van der Waals surface area contributed by atoms with Crippen molar-refractivity contribution in [1.82, 2.24) is 0 Å². The number of para-hydroxylation sites is 4. The summed E-state index contributed by atoms with van der Waals surface area (Å²) in [4.78, 5) is 4.90. The molecule has 0 N–H and O–H groups in total. The zero-order chi connectivity index (χ0) is 42.5. The number of rotatable bonds is 5. The van der Waals surface area contributed by atoms with Crippen LogP contribution in [0.2, 0.25) is 0 Å². The van der Waals surface area contributed by atoms with E-state index in [4.69, 9.17) is 4.74 Å². The fourth-order valence-electron chi connectivity index (χ4n) is 11.8. The number of ether oxygens (including phenoxy) is 1. The lowest BCUT2D eigenvalue weighted by atomic mass is 9.33. The van der Waals surface area contributed by atoms with Crippen LogP contribution in [0.4, 0.5) is 34.1 Å². The Balaban J connectivity index is 1.09. The first kappa shape index (κ1) is 37.9. The molecule has 4 heteroatoms. The summed E-state index contributed by atoms with van der Waals surface area (Å²) in [6.07, 6.45) is 9.66. The first-order valence-electron chi connectivity index (χ1n) is 22.9. The third-order valence-electron chi connectivity index (χ3n) is 14.7. The van der Waals surface area contributed by atoms with Crippen LogP contribution in [0, 0.1) is 5.92 Å². The van der Waals surface area contributed by atoms with Crippen molar-refractivity contribution in [3.8, 4) is 22.6 Å². The Hall–Kier alpha value is -6.78. The Morgan fingerprint density at radius 1 is 0.635 bits per heavy atom. The molecule has 2 aliphatic carbocycles. The lowest BCUT2D eigenvalue weighted by Crippen LogP contribution is -2.60. The lowest BCUT2D eigenvalue weighted by Gasteiger charge is -2.43. The van der Waals surface area contributed by atoms with Gasteiger partial charge in [0.15, 0.2) is 0 Å². The van der Waals surface area contributed by atoms with Crippen LogP contribution < -0.4 is 30.9 Å². The zero-order valence-electron chi connectivity index (χ0n) is 36.6. The number of nitrogens with zero attached hydrogens (tertiary/aromatic N) is 2. The van der Waals surface area contributed by atoms with E-state index < -0.39 is 0 Å². The Bertz CT molecular complexity index is 3080. The van der Waals surface area contributed by atoms with Crippen LogP contribution in [0.5, 0.6) is 11.5 Å². The quantitative estimate of drug-likeness (QED) is 0.127. The maximum atomic E-state index is 7.42. The topological polar surface area (TPSA) is 15.7 Å². The molecular weight excluding hydrogens is 763 g/mol. The highest BCUT2D eigenvalue weighted by Crippen LogP contribution is 2.53. The number of hydrogen-bond donors (Lipinski definition) is 0. The second-order valence-electron chi connectivity index (χ2n) is 19.2. The largest absolute Gasteiger partial charge is 0.458 e. The van der Waals surface area contributed by atoms with Crippen molar-refractivity contribution in [3.63, 3.8) is 0 Å². The zero-order valence-corrected chi connectivity index (χ0v) is 36.6. The van der Waals surface area contributed by atoms with Crippen LogP contribution in [-0.4, -0.2) is 6.71 Å². The van der Waals surface area contributed by atoms with E-state index in [2.05, 4.69) is 220 Å². The van der Waals surface area contributed by atoms with Gasteiger partial charge in [-0.05, 0) is 142 Å². The van der Waals surface area contributed by atoms with E-state index in [-0.39, 0.29) is 17.5 Å². The van der Waals surface area contributed by atoms with Crippen molar-refractivity contribution >= 4 is 68.0 Å². The molecule has 8 aromatic rings. The normalized spacial score (nSPS) is 19.4. The van der Waals surface area contributed by atoms with E-state index in [1.807, 2.05) is 0 Å². The number of benzene rings is 8. The van der Waals surface area contributed by atoms with Crippen molar-refractivity contribution in [2.75, 3.05) is 9.80 Å². The van der Waals surface area contributed by atoms with Crippen molar-refractivity contribution in [1.29, 1.82) is 0 Å².